The fourth-order valence-electron chi connectivity index (χ4n) is 8.55. The minimum absolute atomic E-state index is 0.665. The van der Waals surface area contributed by atoms with E-state index in [1.54, 1.807) is 0 Å². The van der Waals surface area contributed by atoms with Crippen LogP contribution in [-0.2, 0) is 0 Å². The highest BCUT2D eigenvalue weighted by Crippen LogP contribution is 2.39. The van der Waals surface area contributed by atoms with Gasteiger partial charge in [0.25, 0.3) is 0 Å². The molecule has 0 fully saturated rings. The van der Waals surface area contributed by atoms with Gasteiger partial charge in [-0.2, -0.15) is 5.26 Å². The van der Waals surface area contributed by atoms with Gasteiger partial charge in [0.15, 0.2) is 0 Å². The van der Waals surface area contributed by atoms with Crippen molar-refractivity contribution in [2.45, 2.75) is 0 Å². The SMILES string of the molecule is N#Cc1ccc2c(c1)c1ccccc1n2-c1ccc(-c2cc(-n3c4ccccc4c4ccccc43)cc(-n3c4ccccc4c4ccccc43)c2)cc1. The van der Waals surface area contributed by atoms with E-state index in [0.29, 0.717) is 5.56 Å². The first-order valence-electron chi connectivity index (χ1n) is 17.9. The molecule has 0 amide bonds. The van der Waals surface area contributed by atoms with Gasteiger partial charge in [0.1, 0.15) is 0 Å². The number of nitriles is 1. The molecule has 0 saturated heterocycles. The Kier molecular flexibility index (Phi) is 6.28. The average Bonchev–Trinajstić information content (AvgIpc) is 3.86. The molecule has 8 aromatic carbocycles. The lowest BCUT2D eigenvalue weighted by Crippen LogP contribution is -2.00. The van der Waals surface area contributed by atoms with Crippen LogP contribution in [0.1, 0.15) is 5.56 Å². The minimum atomic E-state index is 0.665. The number of hydrogen-bond donors (Lipinski definition) is 0. The third-order valence-electron chi connectivity index (χ3n) is 10.8. The van der Waals surface area contributed by atoms with Crippen molar-refractivity contribution in [1.29, 1.82) is 5.26 Å². The van der Waals surface area contributed by atoms with Crippen LogP contribution in [0.25, 0.3) is 93.6 Å². The van der Waals surface area contributed by atoms with Gasteiger partial charge in [-0.1, -0.05) is 103 Å². The van der Waals surface area contributed by atoms with Gasteiger partial charge in [0.05, 0.1) is 44.7 Å². The summed E-state index contributed by atoms with van der Waals surface area (Å²) in [4.78, 5) is 0. The maximum Gasteiger partial charge on any atom is 0.0991 e. The Labute approximate surface area is 305 Å². The summed E-state index contributed by atoms with van der Waals surface area (Å²) in [6.45, 7) is 0. The van der Waals surface area contributed by atoms with Crippen molar-refractivity contribution in [3.63, 3.8) is 0 Å². The maximum atomic E-state index is 9.64. The molecule has 4 nitrogen and oxygen atoms in total. The van der Waals surface area contributed by atoms with Gasteiger partial charge >= 0.3 is 0 Å². The number of hydrogen-bond acceptors (Lipinski definition) is 1. The van der Waals surface area contributed by atoms with Crippen molar-refractivity contribution >= 4 is 65.4 Å². The molecule has 0 radical (unpaired) electrons. The number of para-hydroxylation sites is 5. The monoisotopic (exact) mass is 674 g/mol. The third-order valence-corrected chi connectivity index (χ3v) is 10.8. The van der Waals surface area contributed by atoms with Crippen LogP contribution in [0.2, 0.25) is 0 Å². The first kappa shape index (κ1) is 29.4. The van der Waals surface area contributed by atoms with Crippen molar-refractivity contribution in [2.75, 3.05) is 0 Å². The highest BCUT2D eigenvalue weighted by atomic mass is 15.0. The second-order valence-electron chi connectivity index (χ2n) is 13.7. The Morgan fingerprint density at radius 2 is 0.679 bits per heavy atom. The number of rotatable bonds is 4. The Balaban J connectivity index is 1.16. The maximum absolute atomic E-state index is 9.64. The van der Waals surface area contributed by atoms with E-state index in [9.17, 15) is 5.26 Å². The van der Waals surface area contributed by atoms with Crippen LogP contribution >= 0.6 is 0 Å². The molecule has 0 unspecified atom stereocenters. The number of benzene rings is 8. The van der Waals surface area contributed by atoms with Crippen LogP contribution in [0.15, 0.2) is 182 Å². The number of fused-ring (bicyclic) bond motifs is 9. The molecule has 0 atom stereocenters. The summed E-state index contributed by atoms with van der Waals surface area (Å²) < 4.78 is 7.12. The van der Waals surface area contributed by atoms with Gasteiger partial charge in [-0.05, 0) is 90.0 Å². The smallest absolute Gasteiger partial charge is 0.0991 e. The zero-order chi connectivity index (χ0) is 35.0. The molecular weight excluding hydrogens is 645 g/mol. The second kappa shape index (κ2) is 11.3. The molecule has 0 aliphatic rings. The average molecular weight is 675 g/mol. The van der Waals surface area contributed by atoms with Gasteiger partial charge < -0.3 is 13.7 Å². The van der Waals surface area contributed by atoms with Crippen LogP contribution in [0, 0.1) is 11.3 Å². The zero-order valence-electron chi connectivity index (χ0n) is 28.6. The molecule has 246 valence electrons. The fourth-order valence-corrected chi connectivity index (χ4v) is 8.55. The molecule has 0 aliphatic carbocycles. The van der Waals surface area contributed by atoms with Gasteiger partial charge in [-0.3, -0.25) is 0 Å². The van der Waals surface area contributed by atoms with Crippen LogP contribution in [0.4, 0.5) is 0 Å². The van der Waals surface area contributed by atoms with E-state index < -0.39 is 0 Å². The fraction of sp³-hybridized carbons (Fsp3) is 0. The normalized spacial score (nSPS) is 11.8. The van der Waals surface area contributed by atoms with Crippen LogP contribution in [0.5, 0.6) is 0 Å². The van der Waals surface area contributed by atoms with Gasteiger partial charge in [0, 0.05) is 49.4 Å². The lowest BCUT2D eigenvalue weighted by atomic mass is 10.0. The van der Waals surface area contributed by atoms with E-state index in [1.165, 1.54) is 43.6 Å². The molecule has 0 bridgehead atoms. The van der Waals surface area contributed by atoms with Crippen molar-refractivity contribution < 1.29 is 0 Å². The Hall–Kier alpha value is -7.35. The molecule has 0 N–H and O–H groups in total. The largest absolute Gasteiger partial charge is 0.309 e. The molecule has 0 spiro atoms. The summed E-state index contributed by atoms with van der Waals surface area (Å²) in [5.74, 6) is 0. The Morgan fingerprint density at radius 1 is 0.302 bits per heavy atom. The van der Waals surface area contributed by atoms with Crippen molar-refractivity contribution in [1.82, 2.24) is 13.7 Å². The molecule has 0 aliphatic heterocycles. The van der Waals surface area contributed by atoms with Gasteiger partial charge in [-0.25, -0.2) is 0 Å². The quantitative estimate of drug-likeness (QED) is 0.183. The molecule has 3 heterocycles. The Morgan fingerprint density at radius 3 is 1.11 bits per heavy atom. The first-order chi connectivity index (χ1) is 26.2. The molecular formula is C49H30N4. The van der Waals surface area contributed by atoms with E-state index in [1.807, 2.05) is 12.1 Å². The van der Waals surface area contributed by atoms with Crippen LogP contribution < -0.4 is 0 Å². The van der Waals surface area contributed by atoms with Crippen molar-refractivity contribution in [3.05, 3.63) is 188 Å². The predicted molar refractivity (Wildman–Crippen MR) is 220 cm³/mol. The topological polar surface area (TPSA) is 38.6 Å². The highest BCUT2D eigenvalue weighted by Gasteiger charge is 2.18. The first-order valence-corrected chi connectivity index (χ1v) is 17.9. The molecule has 53 heavy (non-hydrogen) atoms. The summed E-state index contributed by atoms with van der Waals surface area (Å²) in [6, 6.07) is 67.4. The van der Waals surface area contributed by atoms with E-state index >= 15 is 0 Å². The molecule has 4 heteroatoms. The summed E-state index contributed by atoms with van der Waals surface area (Å²) in [5, 5.41) is 16.8. The van der Waals surface area contributed by atoms with Gasteiger partial charge in [-0.15, -0.1) is 0 Å². The highest BCUT2D eigenvalue weighted by molar-refractivity contribution is 6.11. The van der Waals surface area contributed by atoms with Gasteiger partial charge in [0.2, 0.25) is 0 Å². The minimum Gasteiger partial charge on any atom is -0.309 e. The number of nitrogens with zero attached hydrogens (tertiary/aromatic N) is 4. The Bertz CT molecular complexity index is 3050. The molecule has 3 aromatic heterocycles. The lowest BCUT2D eigenvalue weighted by molar-refractivity contribution is 1.13. The summed E-state index contributed by atoms with van der Waals surface area (Å²) in [5.41, 5.74) is 13.1. The van der Waals surface area contributed by atoms with Crippen molar-refractivity contribution in [3.8, 4) is 34.3 Å². The summed E-state index contributed by atoms with van der Waals surface area (Å²) >= 11 is 0. The van der Waals surface area contributed by atoms with E-state index in [4.69, 9.17) is 0 Å². The summed E-state index contributed by atoms with van der Waals surface area (Å²) in [7, 11) is 0. The predicted octanol–water partition coefficient (Wildman–Crippen LogP) is 12.5. The van der Waals surface area contributed by atoms with Crippen LogP contribution in [-0.4, -0.2) is 13.7 Å². The van der Waals surface area contributed by atoms with Crippen LogP contribution in [0.3, 0.4) is 0 Å². The third kappa shape index (κ3) is 4.35. The van der Waals surface area contributed by atoms with Crippen molar-refractivity contribution in [2.24, 2.45) is 0 Å². The lowest BCUT2D eigenvalue weighted by Gasteiger charge is -2.16. The second-order valence-corrected chi connectivity index (χ2v) is 13.7. The standard InChI is InChI=1S/C49H30N4/c50-31-32-21-26-49-43(27-32)42-15-5-10-20-48(42)51(49)35-24-22-33(23-25-35)34-28-36(52-44-16-6-1-11-38(44)39-12-2-7-17-45(39)52)30-37(29-34)53-46-18-8-3-13-40(46)41-14-4-9-19-47(41)53/h1-30H. The van der Waals surface area contributed by atoms with E-state index in [0.717, 1.165) is 50.0 Å². The molecule has 11 rings (SSSR count). The summed E-state index contributed by atoms with van der Waals surface area (Å²) in [6.07, 6.45) is 0. The van der Waals surface area contributed by atoms with E-state index in [-0.39, 0.29) is 0 Å². The molecule has 11 aromatic rings. The zero-order valence-corrected chi connectivity index (χ0v) is 28.6. The number of aromatic nitrogens is 3. The van der Waals surface area contributed by atoms with E-state index in [2.05, 4.69) is 190 Å². The molecule has 0 saturated carbocycles.